The van der Waals surface area contributed by atoms with Gasteiger partial charge in [0.1, 0.15) is 5.52 Å². The van der Waals surface area contributed by atoms with Crippen molar-refractivity contribution in [2.45, 2.75) is 19.8 Å². The Bertz CT molecular complexity index is 510. The van der Waals surface area contributed by atoms with Crippen molar-refractivity contribution < 1.29 is 0 Å². The summed E-state index contributed by atoms with van der Waals surface area (Å²) in [6, 6.07) is 3.93. The molecule has 0 radical (unpaired) electrons. The second-order valence-corrected chi connectivity index (χ2v) is 3.91. The Kier molecular flexibility index (Phi) is 2.30. The minimum absolute atomic E-state index is 0.384. The van der Waals surface area contributed by atoms with E-state index in [1.807, 2.05) is 20.0 Å². The quantitative estimate of drug-likeness (QED) is 0.657. The number of hydrogen-bond acceptors (Lipinski definition) is 4. The van der Waals surface area contributed by atoms with Gasteiger partial charge >= 0.3 is 0 Å². The molecular formula is C10H13BN4. The van der Waals surface area contributed by atoms with Crippen LogP contribution in [0.4, 0.5) is 5.82 Å². The monoisotopic (exact) mass is 200 g/mol. The molecule has 0 amide bonds. The number of fused-ring (bicyclic) bond motifs is 1. The minimum Gasteiger partial charge on any atom is -0.382 e. The number of nitrogens with zero attached hydrogens (tertiary/aromatic N) is 3. The van der Waals surface area contributed by atoms with Gasteiger partial charge in [-0.25, -0.2) is 15.0 Å². The third-order valence-corrected chi connectivity index (χ3v) is 2.29. The lowest BCUT2D eigenvalue weighted by Crippen LogP contribution is -2.16. The second-order valence-electron chi connectivity index (χ2n) is 3.91. The molecule has 5 heteroatoms. The average molecular weight is 200 g/mol. The summed E-state index contributed by atoms with van der Waals surface area (Å²) < 4.78 is 0. The minimum atomic E-state index is 0.384. The van der Waals surface area contributed by atoms with E-state index in [1.165, 1.54) is 0 Å². The number of pyridine rings is 1. The molecule has 0 saturated carbocycles. The van der Waals surface area contributed by atoms with E-state index in [4.69, 9.17) is 5.73 Å². The second kappa shape index (κ2) is 3.49. The van der Waals surface area contributed by atoms with Crippen molar-refractivity contribution in [1.29, 1.82) is 0 Å². The topological polar surface area (TPSA) is 64.7 Å². The molecule has 0 unspecified atom stereocenters. The van der Waals surface area contributed by atoms with E-state index in [1.54, 1.807) is 0 Å². The van der Waals surface area contributed by atoms with Crippen molar-refractivity contribution in [3.05, 3.63) is 17.8 Å². The van der Waals surface area contributed by atoms with Crippen LogP contribution in [0.2, 0.25) is 0 Å². The largest absolute Gasteiger partial charge is 0.382 e. The van der Waals surface area contributed by atoms with E-state index in [2.05, 4.69) is 28.8 Å². The normalized spacial score (nSPS) is 11.1. The zero-order valence-corrected chi connectivity index (χ0v) is 9.15. The SMILES string of the molecule is Bc1nc(N)c2nc(C(C)C)ccc2n1. The van der Waals surface area contributed by atoms with Crippen LogP contribution in [-0.4, -0.2) is 22.8 Å². The predicted octanol–water partition coefficient (Wildman–Crippen LogP) is -0.0112. The molecule has 0 atom stereocenters. The summed E-state index contributed by atoms with van der Waals surface area (Å²) in [7, 11) is 1.83. The summed E-state index contributed by atoms with van der Waals surface area (Å²) in [5.74, 6) is 0.843. The standard InChI is InChI=1S/C10H13BN4/c1-5(2)6-3-4-7-8(13-6)9(12)15-10(11)14-7/h3-5H,11H2,1-2H3,(H2,12,14,15). The zero-order valence-electron chi connectivity index (χ0n) is 9.15. The summed E-state index contributed by atoms with van der Waals surface area (Å²) >= 11 is 0. The molecule has 15 heavy (non-hydrogen) atoms. The summed E-state index contributed by atoms with van der Waals surface area (Å²) in [4.78, 5) is 12.9. The van der Waals surface area contributed by atoms with Crippen LogP contribution < -0.4 is 11.5 Å². The molecule has 76 valence electrons. The van der Waals surface area contributed by atoms with Crippen molar-refractivity contribution >= 4 is 30.4 Å². The van der Waals surface area contributed by atoms with E-state index in [9.17, 15) is 0 Å². The van der Waals surface area contributed by atoms with Gasteiger partial charge in [-0.1, -0.05) is 13.8 Å². The fourth-order valence-electron chi connectivity index (χ4n) is 1.49. The Labute approximate surface area is 89.4 Å². The Hall–Kier alpha value is -1.65. The number of nitrogen functional groups attached to an aromatic ring is 1. The van der Waals surface area contributed by atoms with Crippen LogP contribution in [-0.2, 0) is 0 Å². The lowest BCUT2D eigenvalue weighted by Gasteiger charge is -2.07. The van der Waals surface area contributed by atoms with Crippen LogP contribution in [0.15, 0.2) is 12.1 Å². The van der Waals surface area contributed by atoms with Gasteiger partial charge in [-0.2, -0.15) is 0 Å². The molecule has 0 aliphatic heterocycles. The van der Waals surface area contributed by atoms with Crippen LogP contribution in [0.3, 0.4) is 0 Å². The lowest BCUT2D eigenvalue weighted by molar-refractivity contribution is 0.829. The Balaban J connectivity index is 2.71. The van der Waals surface area contributed by atoms with Crippen molar-refractivity contribution in [3.63, 3.8) is 0 Å². The summed E-state index contributed by atoms with van der Waals surface area (Å²) in [5.41, 5.74) is 9.02. The van der Waals surface area contributed by atoms with Gasteiger partial charge in [0.2, 0.25) is 0 Å². The Morgan fingerprint density at radius 2 is 1.93 bits per heavy atom. The van der Waals surface area contributed by atoms with Gasteiger partial charge in [0.05, 0.1) is 11.2 Å². The molecular weight excluding hydrogens is 187 g/mol. The van der Waals surface area contributed by atoms with Gasteiger partial charge in [-0.05, 0) is 18.1 Å². The maximum atomic E-state index is 5.81. The van der Waals surface area contributed by atoms with Gasteiger partial charge in [-0.15, -0.1) is 0 Å². The van der Waals surface area contributed by atoms with Crippen molar-refractivity contribution in [3.8, 4) is 0 Å². The highest BCUT2D eigenvalue weighted by Gasteiger charge is 2.07. The molecule has 0 bridgehead atoms. The van der Waals surface area contributed by atoms with Crippen molar-refractivity contribution in [2.75, 3.05) is 5.73 Å². The van der Waals surface area contributed by atoms with Crippen LogP contribution >= 0.6 is 0 Å². The molecule has 0 spiro atoms. The van der Waals surface area contributed by atoms with Crippen molar-refractivity contribution in [2.24, 2.45) is 0 Å². The van der Waals surface area contributed by atoms with Gasteiger partial charge in [0, 0.05) is 5.69 Å². The van der Waals surface area contributed by atoms with Gasteiger partial charge in [0.15, 0.2) is 13.7 Å². The third-order valence-electron chi connectivity index (χ3n) is 2.29. The fraction of sp³-hybridized carbons (Fsp3) is 0.300. The smallest absolute Gasteiger partial charge is 0.189 e. The third kappa shape index (κ3) is 1.77. The van der Waals surface area contributed by atoms with E-state index in [0.717, 1.165) is 11.2 Å². The molecule has 4 nitrogen and oxygen atoms in total. The fourth-order valence-corrected chi connectivity index (χ4v) is 1.49. The van der Waals surface area contributed by atoms with E-state index < -0.39 is 0 Å². The molecule has 0 saturated heterocycles. The Morgan fingerprint density at radius 1 is 1.20 bits per heavy atom. The number of aromatic nitrogens is 3. The van der Waals surface area contributed by atoms with E-state index in [-0.39, 0.29) is 0 Å². The molecule has 0 aliphatic rings. The van der Waals surface area contributed by atoms with Crippen LogP contribution in [0.5, 0.6) is 0 Å². The molecule has 2 N–H and O–H groups in total. The summed E-state index contributed by atoms with van der Waals surface area (Å²) in [5, 5.41) is 0. The van der Waals surface area contributed by atoms with Crippen LogP contribution in [0, 0.1) is 0 Å². The maximum absolute atomic E-state index is 5.81. The molecule has 2 aromatic heterocycles. The summed E-state index contributed by atoms with van der Waals surface area (Å²) in [6.45, 7) is 4.19. The number of anilines is 1. The van der Waals surface area contributed by atoms with Gasteiger partial charge < -0.3 is 5.73 Å². The molecule has 2 heterocycles. The van der Waals surface area contributed by atoms with Crippen LogP contribution in [0.1, 0.15) is 25.5 Å². The molecule has 2 aromatic rings. The predicted molar refractivity (Wildman–Crippen MR) is 64.0 cm³/mol. The Morgan fingerprint density at radius 3 is 2.60 bits per heavy atom. The molecule has 2 rings (SSSR count). The highest BCUT2D eigenvalue weighted by Crippen LogP contribution is 2.18. The molecule has 0 aliphatic carbocycles. The van der Waals surface area contributed by atoms with Crippen LogP contribution in [0.25, 0.3) is 11.0 Å². The highest BCUT2D eigenvalue weighted by molar-refractivity contribution is 6.29. The first-order valence-corrected chi connectivity index (χ1v) is 4.98. The number of nitrogens with two attached hydrogens (primary N) is 1. The van der Waals surface area contributed by atoms with E-state index >= 15 is 0 Å². The highest BCUT2D eigenvalue weighted by atomic mass is 15.0. The van der Waals surface area contributed by atoms with E-state index in [0.29, 0.717) is 23.0 Å². The lowest BCUT2D eigenvalue weighted by atomic mass is 10.1. The summed E-state index contributed by atoms with van der Waals surface area (Å²) in [6.07, 6.45) is 0. The zero-order chi connectivity index (χ0) is 11.0. The molecule has 0 fully saturated rings. The molecule has 0 aromatic carbocycles. The maximum Gasteiger partial charge on any atom is 0.189 e. The average Bonchev–Trinajstić information content (AvgIpc) is 2.16. The first kappa shape index (κ1) is 9.89. The first-order chi connectivity index (χ1) is 7.08. The van der Waals surface area contributed by atoms with Crippen molar-refractivity contribution in [1.82, 2.24) is 15.0 Å². The number of hydrogen-bond donors (Lipinski definition) is 1. The van der Waals surface area contributed by atoms with Gasteiger partial charge in [0.25, 0.3) is 0 Å². The number of rotatable bonds is 1. The van der Waals surface area contributed by atoms with Gasteiger partial charge in [-0.3, -0.25) is 0 Å². The first-order valence-electron chi connectivity index (χ1n) is 4.98.